The van der Waals surface area contributed by atoms with Crippen molar-refractivity contribution < 1.29 is 9.59 Å². The first kappa shape index (κ1) is 17.7. The Hall–Kier alpha value is -2.13. The highest BCUT2D eigenvalue weighted by molar-refractivity contribution is 6.81. The molecular formula is C21H22ClNO2. The summed E-state index contributed by atoms with van der Waals surface area (Å²) in [6.07, 6.45) is 18.5. The molecule has 0 aromatic carbocycles. The van der Waals surface area contributed by atoms with Crippen molar-refractivity contribution in [3.63, 3.8) is 0 Å². The first-order valence-corrected chi connectivity index (χ1v) is 8.89. The molecule has 0 heterocycles. The van der Waals surface area contributed by atoms with Crippen LogP contribution in [0.2, 0.25) is 0 Å². The second kappa shape index (κ2) is 6.30. The van der Waals surface area contributed by atoms with Crippen molar-refractivity contribution in [3.05, 3.63) is 71.0 Å². The van der Waals surface area contributed by atoms with E-state index in [0.717, 1.165) is 29.6 Å². The summed E-state index contributed by atoms with van der Waals surface area (Å²) < 4.78 is 0. The fraction of sp³-hybridized carbons (Fsp3) is 0.333. The highest BCUT2D eigenvalue weighted by Gasteiger charge is 2.46. The molecule has 3 rings (SSSR count). The number of nitrogens with one attached hydrogen (secondary N) is 1. The maximum Gasteiger partial charge on any atom is 0.310 e. The van der Waals surface area contributed by atoms with Crippen LogP contribution >= 0.6 is 11.6 Å². The number of halogens is 1. The number of rotatable bonds is 4. The quantitative estimate of drug-likeness (QED) is 0.596. The van der Waals surface area contributed by atoms with Crippen LogP contribution in [0, 0.1) is 10.8 Å². The fourth-order valence-corrected chi connectivity index (χ4v) is 3.23. The van der Waals surface area contributed by atoms with Gasteiger partial charge in [-0.2, -0.15) is 0 Å². The highest BCUT2D eigenvalue weighted by Crippen LogP contribution is 2.56. The largest absolute Gasteiger partial charge is 0.318 e. The summed E-state index contributed by atoms with van der Waals surface area (Å²) >= 11 is 5.35. The van der Waals surface area contributed by atoms with Crippen LogP contribution in [-0.4, -0.2) is 11.1 Å². The number of hydrogen-bond donors (Lipinski definition) is 1. The van der Waals surface area contributed by atoms with E-state index in [1.165, 1.54) is 0 Å². The number of fused-ring (bicyclic) bond motifs is 1. The molecule has 0 aliphatic heterocycles. The minimum Gasteiger partial charge on any atom is -0.318 e. The predicted octanol–water partition coefficient (Wildman–Crippen LogP) is 4.50. The van der Waals surface area contributed by atoms with Gasteiger partial charge in [0.25, 0.3) is 0 Å². The number of allylic oxidation sites excluding steroid dienone is 10. The maximum absolute atomic E-state index is 11.9. The van der Waals surface area contributed by atoms with Crippen LogP contribution in [0.3, 0.4) is 0 Å². The number of carbonyl (C=O) groups is 2. The van der Waals surface area contributed by atoms with Gasteiger partial charge in [-0.15, -0.1) is 0 Å². The summed E-state index contributed by atoms with van der Waals surface area (Å²) in [7, 11) is 0. The molecule has 1 amide bonds. The summed E-state index contributed by atoms with van der Waals surface area (Å²) in [6, 6.07) is 0. The molecule has 2 unspecified atom stereocenters. The van der Waals surface area contributed by atoms with Crippen molar-refractivity contribution in [3.8, 4) is 0 Å². The second-order valence-corrected chi connectivity index (χ2v) is 7.63. The van der Waals surface area contributed by atoms with Gasteiger partial charge in [0.2, 0.25) is 0 Å². The van der Waals surface area contributed by atoms with Crippen molar-refractivity contribution in [1.29, 1.82) is 0 Å². The lowest BCUT2D eigenvalue weighted by molar-refractivity contribution is -0.132. The van der Waals surface area contributed by atoms with E-state index in [1.807, 2.05) is 18.2 Å². The smallest absolute Gasteiger partial charge is 0.310 e. The molecule has 130 valence electrons. The Morgan fingerprint density at radius 2 is 1.88 bits per heavy atom. The molecule has 3 nitrogen and oxygen atoms in total. The third kappa shape index (κ3) is 3.47. The van der Waals surface area contributed by atoms with Crippen LogP contribution in [0.25, 0.3) is 0 Å². The minimum absolute atomic E-state index is 0.0101. The SMILES string of the molecule is CCC1(C)C=CC=C(C2=CC=CC3(C)CC3=C2NC(=O)C(=O)Cl)C=C1. The van der Waals surface area contributed by atoms with Crippen LogP contribution in [0.15, 0.2) is 71.0 Å². The topological polar surface area (TPSA) is 46.2 Å². The Balaban J connectivity index is 2.01. The average Bonchev–Trinajstić information content (AvgIpc) is 3.28. The Labute approximate surface area is 153 Å². The summed E-state index contributed by atoms with van der Waals surface area (Å²) in [5, 5.41) is 1.73. The summed E-state index contributed by atoms with van der Waals surface area (Å²) in [6.45, 7) is 6.46. The first-order valence-electron chi connectivity index (χ1n) is 8.51. The lowest BCUT2D eigenvalue weighted by Crippen LogP contribution is -2.29. The molecule has 0 radical (unpaired) electrons. The molecular weight excluding hydrogens is 334 g/mol. The molecule has 1 N–H and O–H groups in total. The van der Waals surface area contributed by atoms with E-state index in [2.05, 4.69) is 56.5 Å². The van der Waals surface area contributed by atoms with Gasteiger partial charge in [0.1, 0.15) is 0 Å². The molecule has 0 saturated heterocycles. The number of carbonyl (C=O) groups excluding carboxylic acids is 2. The summed E-state index contributed by atoms with van der Waals surface area (Å²) in [5.74, 6) is -0.793. The molecule has 0 aromatic rings. The summed E-state index contributed by atoms with van der Waals surface area (Å²) in [4.78, 5) is 23.1. The molecule has 0 spiro atoms. The maximum atomic E-state index is 11.9. The predicted molar refractivity (Wildman–Crippen MR) is 101 cm³/mol. The lowest BCUT2D eigenvalue weighted by Gasteiger charge is -2.18. The van der Waals surface area contributed by atoms with E-state index in [9.17, 15) is 9.59 Å². The van der Waals surface area contributed by atoms with Gasteiger partial charge in [-0.3, -0.25) is 9.59 Å². The van der Waals surface area contributed by atoms with E-state index in [-0.39, 0.29) is 10.8 Å². The Kier molecular flexibility index (Phi) is 4.46. The van der Waals surface area contributed by atoms with Gasteiger partial charge in [0.15, 0.2) is 0 Å². The molecule has 1 fully saturated rings. The van der Waals surface area contributed by atoms with Crippen molar-refractivity contribution in [2.24, 2.45) is 10.8 Å². The Bertz CT molecular complexity index is 825. The van der Waals surface area contributed by atoms with Crippen LogP contribution in [0.1, 0.15) is 33.6 Å². The summed E-state index contributed by atoms with van der Waals surface area (Å²) in [5.41, 5.74) is 3.68. The van der Waals surface area contributed by atoms with Crippen LogP contribution in [-0.2, 0) is 9.59 Å². The van der Waals surface area contributed by atoms with Crippen LogP contribution in [0.4, 0.5) is 0 Å². The van der Waals surface area contributed by atoms with E-state index in [0.29, 0.717) is 5.70 Å². The molecule has 0 aromatic heterocycles. The third-order valence-electron chi connectivity index (χ3n) is 5.29. The molecule has 3 aliphatic rings. The average molecular weight is 356 g/mol. The minimum atomic E-state index is -1.00. The van der Waals surface area contributed by atoms with Gasteiger partial charge in [0, 0.05) is 22.1 Å². The fourth-order valence-electron chi connectivity index (χ4n) is 3.18. The molecule has 4 heteroatoms. The van der Waals surface area contributed by atoms with Gasteiger partial charge in [-0.1, -0.05) is 69.4 Å². The van der Waals surface area contributed by atoms with Crippen molar-refractivity contribution in [1.82, 2.24) is 5.32 Å². The van der Waals surface area contributed by atoms with Gasteiger partial charge in [-0.25, -0.2) is 0 Å². The zero-order valence-corrected chi connectivity index (χ0v) is 15.5. The Morgan fingerprint density at radius 3 is 2.56 bits per heavy atom. The van der Waals surface area contributed by atoms with Gasteiger partial charge < -0.3 is 5.32 Å². The molecule has 3 aliphatic carbocycles. The second-order valence-electron chi connectivity index (χ2n) is 7.29. The zero-order valence-electron chi connectivity index (χ0n) is 14.7. The van der Waals surface area contributed by atoms with Crippen LogP contribution < -0.4 is 5.32 Å². The van der Waals surface area contributed by atoms with E-state index in [4.69, 9.17) is 11.6 Å². The van der Waals surface area contributed by atoms with Crippen LogP contribution in [0.5, 0.6) is 0 Å². The van der Waals surface area contributed by atoms with Gasteiger partial charge in [0.05, 0.1) is 0 Å². The van der Waals surface area contributed by atoms with Gasteiger partial charge >= 0.3 is 11.1 Å². The normalized spacial score (nSPS) is 30.1. The molecule has 25 heavy (non-hydrogen) atoms. The zero-order chi connectivity index (χ0) is 18.2. The Morgan fingerprint density at radius 1 is 1.16 bits per heavy atom. The van der Waals surface area contributed by atoms with Gasteiger partial charge in [-0.05, 0) is 35.6 Å². The van der Waals surface area contributed by atoms with Crippen molar-refractivity contribution in [2.45, 2.75) is 33.6 Å². The third-order valence-corrected chi connectivity index (χ3v) is 5.46. The highest BCUT2D eigenvalue weighted by atomic mass is 35.5. The standard InChI is InChI=1S/C21H22ClNO2/c1-4-20(2)10-5-7-14(9-12-20)15-8-6-11-21(3)13-16(21)17(15)23-19(25)18(22)24/h5-12H,4,13H2,1-3H3,(H,23,25). The van der Waals surface area contributed by atoms with Crippen molar-refractivity contribution in [2.75, 3.05) is 0 Å². The lowest BCUT2D eigenvalue weighted by atomic mass is 9.87. The van der Waals surface area contributed by atoms with E-state index >= 15 is 0 Å². The molecule has 1 saturated carbocycles. The molecule has 2 atom stereocenters. The monoisotopic (exact) mass is 355 g/mol. The van der Waals surface area contributed by atoms with E-state index < -0.39 is 11.1 Å². The number of hydrogen-bond acceptors (Lipinski definition) is 2. The number of amides is 1. The molecule has 0 bridgehead atoms. The van der Waals surface area contributed by atoms with Crippen molar-refractivity contribution >= 4 is 22.8 Å². The first-order chi connectivity index (χ1) is 11.8. The van der Waals surface area contributed by atoms with E-state index in [1.54, 1.807) is 0 Å².